The molecule has 1 aromatic carbocycles. The molecule has 0 aliphatic heterocycles. The number of halogens is 1. The van der Waals surface area contributed by atoms with Crippen LogP contribution in [0.25, 0.3) is 0 Å². The Balaban J connectivity index is 2.66. The monoisotopic (exact) mass is 285 g/mol. The number of nitrogens with zero attached hydrogens (tertiary/aromatic N) is 1. The highest BCUT2D eigenvalue weighted by atomic mass is 79.9. The van der Waals surface area contributed by atoms with Crippen molar-refractivity contribution in [1.82, 2.24) is 0 Å². The molecule has 1 aromatic rings. The van der Waals surface area contributed by atoms with Crippen LogP contribution in [0.15, 0.2) is 10.5 Å². The van der Waals surface area contributed by atoms with E-state index in [4.69, 9.17) is 4.74 Å². The maximum absolute atomic E-state index is 10.9. The Bertz CT molecular complexity index is 445. The zero-order valence-electron chi connectivity index (χ0n) is 8.96. The van der Waals surface area contributed by atoms with Crippen LogP contribution in [0, 0.1) is 10.1 Å². The Morgan fingerprint density at radius 3 is 2.56 bits per heavy atom. The van der Waals surface area contributed by atoms with Crippen molar-refractivity contribution in [2.24, 2.45) is 0 Å². The molecule has 0 heterocycles. The standard InChI is InChI=1S/C11H12BrNO3/c1-16-11-8-5-3-2-4-7(8)9(12)6-10(11)13(14)15/h6H,2-5H2,1H3. The molecule has 0 N–H and O–H groups in total. The molecular weight excluding hydrogens is 274 g/mol. The number of benzene rings is 1. The summed E-state index contributed by atoms with van der Waals surface area (Å²) in [4.78, 5) is 10.5. The SMILES string of the molecule is COc1c([N+](=O)[O-])cc(Br)c2c1CCCC2. The van der Waals surface area contributed by atoms with Gasteiger partial charge >= 0.3 is 5.69 Å². The lowest BCUT2D eigenvalue weighted by atomic mass is 9.90. The smallest absolute Gasteiger partial charge is 0.312 e. The first kappa shape index (κ1) is 11.4. The van der Waals surface area contributed by atoms with Crippen molar-refractivity contribution in [3.05, 3.63) is 31.8 Å². The van der Waals surface area contributed by atoms with Gasteiger partial charge in [-0.3, -0.25) is 10.1 Å². The van der Waals surface area contributed by atoms with E-state index in [0.717, 1.165) is 41.3 Å². The average molecular weight is 286 g/mol. The summed E-state index contributed by atoms with van der Waals surface area (Å²) >= 11 is 3.40. The number of nitro groups is 1. The van der Waals surface area contributed by atoms with Crippen LogP contribution in [0.5, 0.6) is 5.75 Å². The maximum atomic E-state index is 10.9. The minimum Gasteiger partial charge on any atom is -0.490 e. The second-order valence-electron chi connectivity index (χ2n) is 3.83. The third-order valence-electron chi connectivity index (χ3n) is 2.93. The van der Waals surface area contributed by atoms with Crippen LogP contribution in [-0.4, -0.2) is 12.0 Å². The first-order valence-corrected chi connectivity index (χ1v) is 5.97. The van der Waals surface area contributed by atoms with Gasteiger partial charge in [0.1, 0.15) is 0 Å². The fourth-order valence-electron chi connectivity index (χ4n) is 2.21. The second-order valence-corrected chi connectivity index (χ2v) is 4.69. The Labute approximate surface area is 102 Å². The first-order valence-electron chi connectivity index (χ1n) is 5.17. The van der Waals surface area contributed by atoms with Gasteiger partial charge in [0.2, 0.25) is 0 Å². The predicted molar refractivity (Wildman–Crippen MR) is 64.0 cm³/mol. The lowest BCUT2D eigenvalue weighted by molar-refractivity contribution is -0.385. The summed E-state index contributed by atoms with van der Waals surface area (Å²) in [5.74, 6) is 0.433. The van der Waals surface area contributed by atoms with E-state index in [1.807, 2.05) is 0 Å². The van der Waals surface area contributed by atoms with Crippen LogP contribution in [0.1, 0.15) is 24.0 Å². The number of hydrogen-bond acceptors (Lipinski definition) is 3. The van der Waals surface area contributed by atoms with Gasteiger partial charge in [0, 0.05) is 16.1 Å². The Kier molecular flexibility index (Phi) is 3.14. The van der Waals surface area contributed by atoms with Gasteiger partial charge in [-0.05, 0) is 31.2 Å². The average Bonchev–Trinajstić information content (AvgIpc) is 2.29. The molecule has 0 unspecified atom stereocenters. The summed E-state index contributed by atoms with van der Waals surface area (Å²) in [5, 5.41) is 10.9. The van der Waals surface area contributed by atoms with Crippen molar-refractivity contribution in [3.63, 3.8) is 0 Å². The van der Waals surface area contributed by atoms with Crippen molar-refractivity contribution in [2.45, 2.75) is 25.7 Å². The number of fused-ring (bicyclic) bond motifs is 1. The molecule has 0 atom stereocenters. The van der Waals surface area contributed by atoms with Gasteiger partial charge in [0.15, 0.2) is 5.75 Å². The van der Waals surface area contributed by atoms with E-state index in [2.05, 4.69) is 15.9 Å². The summed E-state index contributed by atoms with van der Waals surface area (Å²) in [7, 11) is 1.49. The van der Waals surface area contributed by atoms with E-state index >= 15 is 0 Å². The predicted octanol–water partition coefficient (Wildman–Crippen LogP) is 3.24. The molecule has 0 aromatic heterocycles. The zero-order valence-corrected chi connectivity index (χ0v) is 10.5. The fourth-order valence-corrected chi connectivity index (χ4v) is 2.86. The molecule has 86 valence electrons. The van der Waals surface area contributed by atoms with Gasteiger partial charge in [0.25, 0.3) is 0 Å². The number of methoxy groups -OCH3 is 1. The summed E-state index contributed by atoms with van der Waals surface area (Å²) in [5.41, 5.74) is 2.21. The molecule has 0 spiro atoms. The molecule has 0 saturated carbocycles. The molecule has 0 bridgehead atoms. The van der Waals surface area contributed by atoms with Gasteiger partial charge in [-0.2, -0.15) is 0 Å². The van der Waals surface area contributed by atoms with E-state index in [-0.39, 0.29) is 5.69 Å². The summed E-state index contributed by atoms with van der Waals surface area (Å²) in [6.07, 6.45) is 4.02. The van der Waals surface area contributed by atoms with Crippen LogP contribution in [0.4, 0.5) is 5.69 Å². The topological polar surface area (TPSA) is 52.4 Å². The molecule has 1 aliphatic rings. The minimum atomic E-state index is -0.390. The van der Waals surface area contributed by atoms with Crippen LogP contribution in [-0.2, 0) is 12.8 Å². The summed E-state index contributed by atoms with van der Waals surface area (Å²) in [6, 6.07) is 1.54. The number of hydrogen-bond donors (Lipinski definition) is 0. The van der Waals surface area contributed by atoms with Crippen LogP contribution in [0.3, 0.4) is 0 Å². The third kappa shape index (κ3) is 1.80. The van der Waals surface area contributed by atoms with Crippen LogP contribution in [0.2, 0.25) is 0 Å². The molecule has 0 radical (unpaired) electrons. The van der Waals surface area contributed by atoms with Crippen molar-refractivity contribution >= 4 is 21.6 Å². The van der Waals surface area contributed by atoms with E-state index in [1.165, 1.54) is 7.11 Å². The van der Waals surface area contributed by atoms with Crippen LogP contribution >= 0.6 is 15.9 Å². The lowest BCUT2D eigenvalue weighted by Crippen LogP contribution is -2.08. The minimum absolute atomic E-state index is 0.0509. The highest BCUT2D eigenvalue weighted by Gasteiger charge is 2.25. The van der Waals surface area contributed by atoms with Crippen molar-refractivity contribution in [1.29, 1.82) is 0 Å². The Morgan fingerprint density at radius 1 is 1.38 bits per heavy atom. The molecule has 0 amide bonds. The molecule has 1 aliphatic carbocycles. The van der Waals surface area contributed by atoms with Gasteiger partial charge in [-0.25, -0.2) is 0 Å². The lowest BCUT2D eigenvalue weighted by Gasteiger charge is -2.19. The van der Waals surface area contributed by atoms with E-state index in [1.54, 1.807) is 6.07 Å². The molecule has 0 saturated heterocycles. The molecule has 5 heteroatoms. The van der Waals surface area contributed by atoms with Gasteiger partial charge < -0.3 is 4.74 Å². The third-order valence-corrected chi connectivity index (χ3v) is 3.63. The molecule has 0 fully saturated rings. The number of nitro benzene ring substituents is 1. The highest BCUT2D eigenvalue weighted by Crippen LogP contribution is 2.41. The van der Waals surface area contributed by atoms with Gasteiger partial charge in [0.05, 0.1) is 12.0 Å². The second kappa shape index (κ2) is 4.41. The zero-order chi connectivity index (χ0) is 11.7. The summed E-state index contributed by atoms with van der Waals surface area (Å²) < 4.78 is 6.03. The highest BCUT2D eigenvalue weighted by molar-refractivity contribution is 9.10. The van der Waals surface area contributed by atoms with E-state index in [0.29, 0.717) is 5.75 Å². The van der Waals surface area contributed by atoms with Gasteiger partial charge in [-0.15, -0.1) is 0 Å². The maximum Gasteiger partial charge on any atom is 0.312 e. The van der Waals surface area contributed by atoms with Crippen LogP contribution < -0.4 is 4.74 Å². The fraction of sp³-hybridized carbons (Fsp3) is 0.455. The quantitative estimate of drug-likeness (QED) is 0.619. The number of rotatable bonds is 2. The molecule has 2 rings (SSSR count). The first-order chi connectivity index (χ1) is 7.65. The Hall–Kier alpha value is -1.10. The summed E-state index contributed by atoms with van der Waals surface area (Å²) in [6.45, 7) is 0. The van der Waals surface area contributed by atoms with E-state index in [9.17, 15) is 10.1 Å². The van der Waals surface area contributed by atoms with Crippen molar-refractivity contribution in [3.8, 4) is 5.75 Å². The largest absolute Gasteiger partial charge is 0.490 e. The number of ether oxygens (including phenoxy) is 1. The molecule has 4 nitrogen and oxygen atoms in total. The van der Waals surface area contributed by atoms with Crippen molar-refractivity contribution in [2.75, 3.05) is 7.11 Å². The van der Waals surface area contributed by atoms with Crippen molar-refractivity contribution < 1.29 is 9.66 Å². The Morgan fingerprint density at radius 2 is 2.00 bits per heavy atom. The molecule has 16 heavy (non-hydrogen) atoms. The van der Waals surface area contributed by atoms with Gasteiger partial charge in [-0.1, -0.05) is 15.9 Å². The van der Waals surface area contributed by atoms with E-state index < -0.39 is 4.92 Å². The normalized spacial score (nSPS) is 14.4. The molecular formula is C11H12BrNO3.